The highest BCUT2D eigenvalue weighted by Gasteiger charge is 2.34. The highest BCUT2D eigenvalue weighted by atomic mass is 19.4. The van der Waals surface area contributed by atoms with Crippen molar-refractivity contribution in [2.45, 2.75) is 26.1 Å². The summed E-state index contributed by atoms with van der Waals surface area (Å²) in [5.74, 6) is 5.63. The molecule has 1 nitrogen and oxygen atoms in total. The van der Waals surface area contributed by atoms with Gasteiger partial charge in [-0.05, 0) is 73.2 Å². The minimum absolute atomic E-state index is 0.0488. The number of allylic oxidation sites excluding steroid dienone is 2. The van der Waals surface area contributed by atoms with E-state index in [1.807, 2.05) is 37.3 Å². The fourth-order valence-electron chi connectivity index (χ4n) is 3.77. The van der Waals surface area contributed by atoms with Gasteiger partial charge in [0.15, 0.2) is 11.6 Å². The molecule has 4 aromatic rings. The van der Waals surface area contributed by atoms with E-state index in [2.05, 4.69) is 34.5 Å². The minimum Gasteiger partial charge on any atom is -0.399 e. The Bertz CT molecular complexity index is 1640. The van der Waals surface area contributed by atoms with Crippen molar-refractivity contribution in [3.8, 4) is 29.4 Å². The van der Waals surface area contributed by atoms with Crippen molar-refractivity contribution in [3.63, 3.8) is 0 Å². The number of hydrogen-bond donors (Lipinski definition) is 0. The van der Waals surface area contributed by atoms with Gasteiger partial charge in [-0.2, -0.15) is 0 Å². The first-order valence-corrected chi connectivity index (χ1v) is 11.8. The molecule has 0 spiro atoms. The van der Waals surface area contributed by atoms with Crippen LogP contribution in [0.25, 0.3) is 10.8 Å². The van der Waals surface area contributed by atoms with E-state index in [9.17, 15) is 22.0 Å². The van der Waals surface area contributed by atoms with Crippen molar-refractivity contribution in [2.24, 2.45) is 0 Å². The average Bonchev–Trinajstić information content (AvgIpc) is 2.89. The molecule has 0 N–H and O–H groups in total. The Morgan fingerprint density at radius 2 is 1.38 bits per heavy atom. The molecule has 4 aromatic carbocycles. The van der Waals surface area contributed by atoms with Gasteiger partial charge in [-0.15, -0.1) is 13.2 Å². The van der Waals surface area contributed by atoms with E-state index in [0.717, 1.165) is 18.4 Å². The molecule has 0 radical (unpaired) electrons. The molecule has 0 fully saturated rings. The second kappa shape index (κ2) is 11.8. The maximum absolute atomic E-state index is 15.1. The van der Waals surface area contributed by atoms with Crippen LogP contribution in [-0.4, -0.2) is 6.36 Å². The lowest BCUT2D eigenvalue weighted by Gasteiger charge is -2.10. The van der Waals surface area contributed by atoms with Crippen LogP contribution in [0.5, 0.6) is 5.75 Å². The standard InChI is InChI=1S/C32H20F6O/c1-2-3-4-5-21-6-8-22(9-7-21)10-11-23-13-17-27-26(18-23)16-15-25(30(27)35)14-12-24-19-28(33)31(29(34)20-24)39-32(36,37)38/h2-3,6-9,13,15-20H,4-5H2,1H3/b3-2+. The molecule has 0 bridgehead atoms. The Balaban J connectivity index is 1.53. The van der Waals surface area contributed by atoms with Gasteiger partial charge in [-0.1, -0.05) is 60.1 Å². The van der Waals surface area contributed by atoms with Crippen LogP contribution >= 0.6 is 0 Å². The summed E-state index contributed by atoms with van der Waals surface area (Å²) in [6.07, 6.45) is 0.820. The number of fused-ring (bicyclic) bond motifs is 1. The molecule has 0 saturated carbocycles. The fraction of sp³-hybridized carbons (Fsp3) is 0.125. The van der Waals surface area contributed by atoms with Gasteiger partial charge in [0.1, 0.15) is 5.82 Å². The first kappa shape index (κ1) is 27.4. The number of alkyl halides is 3. The number of hydrogen-bond acceptors (Lipinski definition) is 1. The van der Waals surface area contributed by atoms with Gasteiger partial charge in [0.05, 0.1) is 5.56 Å². The van der Waals surface area contributed by atoms with Gasteiger partial charge in [0.25, 0.3) is 0 Å². The molecule has 0 aliphatic heterocycles. The second-order valence-corrected chi connectivity index (χ2v) is 8.48. The highest BCUT2D eigenvalue weighted by molar-refractivity contribution is 5.86. The summed E-state index contributed by atoms with van der Waals surface area (Å²) in [5.41, 5.74) is 2.43. The van der Waals surface area contributed by atoms with Crippen LogP contribution in [0.1, 0.15) is 41.2 Å². The SMILES string of the molecule is C/C=C/CCc1ccc(C#Cc2ccc3c(F)c(C#Cc4cc(F)c(OC(F)(F)F)c(F)c4)ccc3c2)cc1. The van der Waals surface area contributed by atoms with E-state index in [-0.39, 0.29) is 16.5 Å². The zero-order valence-electron chi connectivity index (χ0n) is 20.6. The topological polar surface area (TPSA) is 9.23 Å². The molecule has 0 saturated heterocycles. The van der Waals surface area contributed by atoms with Gasteiger partial charge in [0, 0.05) is 22.1 Å². The normalized spacial score (nSPS) is 11.2. The quantitative estimate of drug-likeness (QED) is 0.145. The minimum atomic E-state index is -5.26. The first-order chi connectivity index (χ1) is 18.6. The Morgan fingerprint density at radius 1 is 0.744 bits per heavy atom. The second-order valence-electron chi connectivity index (χ2n) is 8.48. The lowest BCUT2D eigenvalue weighted by molar-refractivity contribution is -0.276. The molecular weight excluding hydrogens is 514 g/mol. The Morgan fingerprint density at radius 3 is 2.05 bits per heavy atom. The van der Waals surface area contributed by atoms with Crippen LogP contribution in [-0.2, 0) is 6.42 Å². The molecule has 0 atom stereocenters. The molecule has 0 amide bonds. The van der Waals surface area contributed by atoms with Crippen LogP contribution in [0, 0.1) is 41.1 Å². The van der Waals surface area contributed by atoms with Gasteiger partial charge < -0.3 is 4.74 Å². The summed E-state index contributed by atoms with van der Waals surface area (Å²) in [5, 5.41) is 0.846. The third-order valence-corrected chi connectivity index (χ3v) is 5.65. The summed E-state index contributed by atoms with van der Waals surface area (Å²) in [6.45, 7) is 1.99. The fourth-order valence-corrected chi connectivity index (χ4v) is 3.77. The lowest BCUT2D eigenvalue weighted by Crippen LogP contribution is -2.19. The van der Waals surface area contributed by atoms with Crippen LogP contribution in [0.2, 0.25) is 0 Å². The van der Waals surface area contributed by atoms with Gasteiger partial charge in [-0.3, -0.25) is 0 Å². The number of benzene rings is 4. The molecule has 0 aliphatic rings. The van der Waals surface area contributed by atoms with Crippen LogP contribution in [0.15, 0.2) is 78.9 Å². The Hall–Kier alpha value is -4.62. The number of halogens is 6. The largest absolute Gasteiger partial charge is 0.573 e. The number of rotatable bonds is 4. The zero-order valence-corrected chi connectivity index (χ0v) is 20.6. The van der Waals surface area contributed by atoms with Gasteiger partial charge in [-0.25, -0.2) is 13.2 Å². The van der Waals surface area contributed by atoms with Gasteiger partial charge in [0.2, 0.25) is 5.75 Å². The zero-order chi connectivity index (χ0) is 28.0. The number of ether oxygens (including phenoxy) is 1. The summed E-state index contributed by atoms with van der Waals surface area (Å²) in [4.78, 5) is 0. The first-order valence-electron chi connectivity index (χ1n) is 11.8. The van der Waals surface area contributed by atoms with E-state index >= 15 is 4.39 Å². The third kappa shape index (κ3) is 7.24. The number of aryl methyl sites for hydroxylation is 1. The predicted molar refractivity (Wildman–Crippen MR) is 138 cm³/mol. The van der Waals surface area contributed by atoms with Crippen molar-refractivity contribution in [1.29, 1.82) is 0 Å². The third-order valence-electron chi connectivity index (χ3n) is 5.65. The smallest absolute Gasteiger partial charge is 0.399 e. The molecule has 0 unspecified atom stereocenters. The summed E-state index contributed by atoms with van der Waals surface area (Å²) < 4.78 is 83.2. The lowest BCUT2D eigenvalue weighted by atomic mass is 10.0. The van der Waals surface area contributed by atoms with Crippen molar-refractivity contribution in [3.05, 3.63) is 124 Å². The van der Waals surface area contributed by atoms with Gasteiger partial charge >= 0.3 is 6.36 Å². The molecule has 7 heteroatoms. The highest BCUT2D eigenvalue weighted by Crippen LogP contribution is 2.29. The molecule has 39 heavy (non-hydrogen) atoms. The van der Waals surface area contributed by atoms with E-state index in [1.165, 1.54) is 11.6 Å². The monoisotopic (exact) mass is 534 g/mol. The van der Waals surface area contributed by atoms with Crippen LogP contribution in [0.3, 0.4) is 0 Å². The van der Waals surface area contributed by atoms with Crippen molar-refractivity contribution in [1.82, 2.24) is 0 Å². The summed E-state index contributed by atoms with van der Waals surface area (Å²) in [7, 11) is 0. The molecule has 4 rings (SSSR count). The summed E-state index contributed by atoms with van der Waals surface area (Å²) in [6, 6.07) is 17.2. The molecule has 196 valence electrons. The van der Waals surface area contributed by atoms with Crippen molar-refractivity contribution in [2.75, 3.05) is 0 Å². The molecule has 0 aromatic heterocycles. The van der Waals surface area contributed by atoms with Crippen molar-refractivity contribution >= 4 is 10.8 Å². The van der Waals surface area contributed by atoms with Crippen molar-refractivity contribution < 1.29 is 31.1 Å². The Labute approximate surface area is 221 Å². The molecule has 0 aliphatic carbocycles. The van der Waals surface area contributed by atoms with Crippen LogP contribution < -0.4 is 4.74 Å². The Kier molecular flexibility index (Phi) is 8.32. The maximum Gasteiger partial charge on any atom is 0.573 e. The molecule has 0 heterocycles. The van der Waals surface area contributed by atoms with Crippen LogP contribution in [0.4, 0.5) is 26.3 Å². The maximum atomic E-state index is 15.1. The average molecular weight is 534 g/mol. The van der Waals surface area contributed by atoms with E-state index in [4.69, 9.17) is 0 Å². The predicted octanol–water partition coefficient (Wildman–Crippen LogP) is 8.46. The van der Waals surface area contributed by atoms with E-state index in [0.29, 0.717) is 23.1 Å². The molecular formula is C32H20F6O. The summed E-state index contributed by atoms with van der Waals surface area (Å²) >= 11 is 0. The van der Waals surface area contributed by atoms with E-state index < -0.39 is 29.6 Å². The van der Waals surface area contributed by atoms with E-state index in [1.54, 1.807) is 24.3 Å².